The third-order valence-electron chi connectivity index (χ3n) is 3.69. The highest BCUT2D eigenvalue weighted by Gasteiger charge is 2.17. The minimum absolute atomic E-state index is 0.0369. The first-order valence-corrected chi connectivity index (χ1v) is 9.33. The summed E-state index contributed by atoms with van der Waals surface area (Å²) in [6.45, 7) is 4.08. The highest BCUT2D eigenvalue weighted by atomic mass is 32.2. The van der Waals surface area contributed by atoms with Crippen molar-refractivity contribution in [2.24, 2.45) is 5.73 Å². The Labute approximate surface area is 127 Å². The van der Waals surface area contributed by atoms with Crippen LogP contribution in [0.25, 0.3) is 0 Å². The molecule has 0 bridgehead atoms. The number of hydrogen-bond acceptors (Lipinski definition) is 5. The van der Waals surface area contributed by atoms with Crippen molar-refractivity contribution in [1.82, 2.24) is 0 Å². The molecule has 2 N–H and O–H groups in total. The van der Waals surface area contributed by atoms with Gasteiger partial charge in [-0.25, -0.2) is 8.42 Å². The van der Waals surface area contributed by atoms with Gasteiger partial charge in [0, 0.05) is 31.1 Å². The Morgan fingerprint density at radius 3 is 2.81 bits per heavy atom. The molecule has 1 aliphatic rings. The maximum atomic E-state index is 11.1. The van der Waals surface area contributed by atoms with Crippen LogP contribution in [-0.4, -0.2) is 46.2 Å². The van der Waals surface area contributed by atoms with E-state index in [2.05, 4.69) is 11.0 Å². The van der Waals surface area contributed by atoms with E-state index < -0.39 is 9.84 Å². The van der Waals surface area contributed by atoms with E-state index in [-0.39, 0.29) is 18.4 Å². The van der Waals surface area contributed by atoms with Crippen molar-refractivity contribution in [2.75, 3.05) is 36.6 Å². The summed E-state index contributed by atoms with van der Waals surface area (Å²) in [5.41, 5.74) is 8.18. The molecule has 0 saturated carbocycles. The highest BCUT2D eigenvalue weighted by Crippen LogP contribution is 2.26. The topological polar surface area (TPSA) is 72.6 Å². The van der Waals surface area contributed by atoms with Gasteiger partial charge in [-0.2, -0.15) is 0 Å². The second-order valence-corrected chi connectivity index (χ2v) is 8.04. The van der Waals surface area contributed by atoms with Gasteiger partial charge in [0.05, 0.1) is 5.75 Å². The van der Waals surface area contributed by atoms with E-state index >= 15 is 0 Å². The molecule has 1 aliphatic heterocycles. The fourth-order valence-corrected chi connectivity index (χ4v) is 2.93. The molecule has 118 valence electrons. The quantitative estimate of drug-likeness (QED) is 0.888. The monoisotopic (exact) mass is 312 g/mol. The third kappa shape index (κ3) is 4.89. The van der Waals surface area contributed by atoms with Gasteiger partial charge in [-0.05, 0) is 43.5 Å². The van der Waals surface area contributed by atoms with Gasteiger partial charge < -0.3 is 15.4 Å². The molecule has 0 amide bonds. The number of hydrogen-bond donors (Lipinski definition) is 1. The fourth-order valence-electron chi connectivity index (χ4n) is 2.54. The lowest BCUT2D eigenvalue weighted by atomic mass is 10.1. The normalized spacial score (nSPS) is 19.6. The molecule has 6 heteroatoms. The van der Waals surface area contributed by atoms with Gasteiger partial charge in [0.15, 0.2) is 9.84 Å². The Morgan fingerprint density at radius 1 is 1.43 bits per heavy atom. The zero-order valence-corrected chi connectivity index (χ0v) is 13.5. The predicted octanol–water partition coefficient (Wildman–Crippen LogP) is 1.35. The number of ether oxygens (including phenoxy) is 1. The van der Waals surface area contributed by atoms with Crippen molar-refractivity contribution in [1.29, 1.82) is 0 Å². The van der Waals surface area contributed by atoms with Crippen LogP contribution in [0.2, 0.25) is 0 Å². The molecule has 2 rings (SSSR count). The SMILES string of the molecule is Cc1cc(N2CCCC(N)C2)ccc1OCCS(C)(=O)=O. The summed E-state index contributed by atoms with van der Waals surface area (Å²) in [5.74, 6) is 0.776. The van der Waals surface area contributed by atoms with Crippen LogP contribution in [0.4, 0.5) is 5.69 Å². The molecule has 1 heterocycles. The van der Waals surface area contributed by atoms with Crippen LogP contribution in [0.15, 0.2) is 18.2 Å². The van der Waals surface area contributed by atoms with Crippen molar-refractivity contribution >= 4 is 15.5 Å². The van der Waals surface area contributed by atoms with Crippen LogP contribution in [-0.2, 0) is 9.84 Å². The van der Waals surface area contributed by atoms with E-state index in [9.17, 15) is 8.42 Å². The molecule has 1 atom stereocenters. The summed E-state index contributed by atoms with van der Waals surface area (Å²) in [5, 5.41) is 0. The molecule has 0 aromatic heterocycles. The molecule has 0 aliphatic carbocycles. The molecular formula is C15H24N2O3S. The molecular weight excluding hydrogens is 288 g/mol. The first-order chi connectivity index (χ1) is 9.85. The molecule has 0 radical (unpaired) electrons. The first-order valence-electron chi connectivity index (χ1n) is 7.27. The second-order valence-electron chi connectivity index (χ2n) is 5.78. The second kappa shape index (κ2) is 6.66. The number of aryl methyl sites for hydroxylation is 1. The largest absolute Gasteiger partial charge is 0.492 e. The summed E-state index contributed by atoms with van der Waals surface area (Å²) < 4.78 is 27.8. The van der Waals surface area contributed by atoms with E-state index in [1.807, 2.05) is 19.1 Å². The Kier molecular flexibility index (Phi) is 5.11. The van der Waals surface area contributed by atoms with Gasteiger partial charge in [-0.1, -0.05) is 0 Å². The first kappa shape index (κ1) is 16.1. The van der Waals surface area contributed by atoms with Crippen LogP contribution in [0.3, 0.4) is 0 Å². The molecule has 1 saturated heterocycles. The van der Waals surface area contributed by atoms with E-state index in [1.165, 1.54) is 6.26 Å². The van der Waals surface area contributed by atoms with Crippen LogP contribution in [0.1, 0.15) is 18.4 Å². The van der Waals surface area contributed by atoms with Gasteiger partial charge in [-0.3, -0.25) is 0 Å². The standard InChI is InChI=1S/C15H24N2O3S/c1-12-10-14(17-7-3-4-13(16)11-17)5-6-15(12)20-8-9-21(2,18)19/h5-6,10,13H,3-4,7-9,11,16H2,1-2H3. The summed E-state index contributed by atoms with van der Waals surface area (Å²) in [6.07, 6.45) is 3.42. The molecule has 0 spiro atoms. The lowest BCUT2D eigenvalue weighted by molar-refractivity contribution is 0.338. The van der Waals surface area contributed by atoms with Crippen molar-refractivity contribution in [3.8, 4) is 5.75 Å². The van der Waals surface area contributed by atoms with Crippen LogP contribution in [0.5, 0.6) is 5.75 Å². The number of nitrogens with two attached hydrogens (primary N) is 1. The minimum atomic E-state index is -2.99. The number of piperidine rings is 1. The zero-order valence-electron chi connectivity index (χ0n) is 12.7. The smallest absolute Gasteiger partial charge is 0.150 e. The zero-order chi connectivity index (χ0) is 15.5. The maximum Gasteiger partial charge on any atom is 0.150 e. The van der Waals surface area contributed by atoms with E-state index in [0.29, 0.717) is 0 Å². The minimum Gasteiger partial charge on any atom is -0.492 e. The number of rotatable bonds is 5. The van der Waals surface area contributed by atoms with Crippen molar-refractivity contribution in [3.05, 3.63) is 23.8 Å². The maximum absolute atomic E-state index is 11.1. The van der Waals surface area contributed by atoms with Crippen molar-refractivity contribution in [2.45, 2.75) is 25.8 Å². The Balaban J connectivity index is 2.00. The molecule has 1 aromatic rings. The van der Waals surface area contributed by atoms with Crippen molar-refractivity contribution < 1.29 is 13.2 Å². The molecule has 1 fully saturated rings. The average molecular weight is 312 g/mol. The summed E-state index contributed by atoms with van der Waals surface area (Å²) in [7, 11) is -2.99. The Morgan fingerprint density at radius 2 is 2.19 bits per heavy atom. The van der Waals surface area contributed by atoms with Gasteiger partial charge in [0.1, 0.15) is 12.4 Å². The van der Waals surface area contributed by atoms with Crippen LogP contribution in [0, 0.1) is 6.92 Å². The van der Waals surface area contributed by atoms with E-state index in [1.54, 1.807) is 0 Å². The molecule has 1 aromatic carbocycles. The highest BCUT2D eigenvalue weighted by molar-refractivity contribution is 7.90. The molecule has 1 unspecified atom stereocenters. The number of nitrogens with zero attached hydrogens (tertiary/aromatic N) is 1. The molecule has 5 nitrogen and oxygen atoms in total. The van der Waals surface area contributed by atoms with E-state index in [0.717, 1.165) is 42.9 Å². The average Bonchev–Trinajstić information content (AvgIpc) is 2.39. The van der Waals surface area contributed by atoms with Crippen molar-refractivity contribution in [3.63, 3.8) is 0 Å². The predicted molar refractivity (Wildman–Crippen MR) is 85.8 cm³/mol. The summed E-state index contributed by atoms with van der Waals surface area (Å²) in [6, 6.07) is 6.24. The van der Waals surface area contributed by atoms with Crippen LogP contribution < -0.4 is 15.4 Å². The summed E-state index contributed by atoms with van der Waals surface area (Å²) >= 11 is 0. The number of anilines is 1. The van der Waals surface area contributed by atoms with Crippen LogP contribution >= 0.6 is 0 Å². The number of sulfone groups is 1. The van der Waals surface area contributed by atoms with E-state index in [4.69, 9.17) is 10.5 Å². The molecule has 21 heavy (non-hydrogen) atoms. The Hall–Kier alpha value is -1.27. The lowest BCUT2D eigenvalue weighted by Crippen LogP contribution is -2.42. The Bertz CT molecular complexity index is 587. The van der Waals surface area contributed by atoms with Gasteiger partial charge in [0.2, 0.25) is 0 Å². The summed E-state index contributed by atoms with van der Waals surface area (Å²) in [4.78, 5) is 2.29. The van der Waals surface area contributed by atoms with Gasteiger partial charge >= 0.3 is 0 Å². The number of benzene rings is 1. The van der Waals surface area contributed by atoms with Gasteiger partial charge in [-0.15, -0.1) is 0 Å². The van der Waals surface area contributed by atoms with Gasteiger partial charge in [0.25, 0.3) is 0 Å². The lowest BCUT2D eigenvalue weighted by Gasteiger charge is -2.33. The fraction of sp³-hybridized carbons (Fsp3) is 0.600. The third-order valence-corrected chi connectivity index (χ3v) is 4.60.